The number of aryl methyl sites for hydroxylation is 2. The van der Waals surface area contributed by atoms with Gasteiger partial charge in [0.15, 0.2) is 11.2 Å². The van der Waals surface area contributed by atoms with Crippen LogP contribution in [0.5, 0.6) is 5.75 Å². The highest BCUT2D eigenvalue weighted by molar-refractivity contribution is 5.74. The van der Waals surface area contributed by atoms with Crippen LogP contribution in [-0.4, -0.2) is 54.3 Å². The minimum Gasteiger partial charge on any atom is -0.491 e. The Morgan fingerprint density at radius 3 is 2.60 bits per heavy atom. The molecular weight excluding hydrogens is 390 g/mol. The molecule has 0 saturated carbocycles. The maximum absolute atomic E-state index is 12.8. The largest absolute Gasteiger partial charge is 0.491 e. The highest BCUT2D eigenvalue weighted by Crippen LogP contribution is 2.17. The van der Waals surface area contributed by atoms with E-state index in [1.165, 1.54) is 23.2 Å². The molecule has 3 aromatic rings. The predicted molar refractivity (Wildman–Crippen MR) is 113 cm³/mol. The van der Waals surface area contributed by atoms with Crippen molar-refractivity contribution in [3.05, 3.63) is 50.7 Å². The van der Waals surface area contributed by atoms with Crippen LogP contribution in [0.25, 0.3) is 11.2 Å². The summed E-state index contributed by atoms with van der Waals surface area (Å²) in [5.41, 5.74) is 0.405. The van der Waals surface area contributed by atoms with Gasteiger partial charge in [-0.05, 0) is 31.5 Å². The molecular formula is C20H27N5O5. The van der Waals surface area contributed by atoms with Gasteiger partial charge in [0.05, 0.1) is 12.6 Å². The van der Waals surface area contributed by atoms with Crippen molar-refractivity contribution in [3.8, 4) is 5.75 Å². The van der Waals surface area contributed by atoms with Crippen molar-refractivity contribution in [2.75, 3.05) is 18.5 Å². The number of aliphatic hydroxyl groups excluding tert-OH is 2. The molecule has 10 nitrogen and oxygen atoms in total. The third kappa shape index (κ3) is 4.39. The van der Waals surface area contributed by atoms with E-state index in [1.807, 2.05) is 25.1 Å². The lowest BCUT2D eigenvalue weighted by molar-refractivity contribution is 0.0937. The number of nitrogens with one attached hydrogen (secondary N) is 1. The third-order valence-electron chi connectivity index (χ3n) is 4.73. The lowest BCUT2D eigenvalue weighted by Crippen LogP contribution is -2.38. The van der Waals surface area contributed by atoms with Gasteiger partial charge in [0, 0.05) is 20.6 Å². The van der Waals surface area contributed by atoms with Crippen LogP contribution < -0.4 is 21.3 Å². The lowest BCUT2D eigenvalue weighted by Gasteiger charge is -2.16. The van der Waals surface area contributed by atoms with Gasteiger partial charge in [-0.25, -0.2) is 4.79 Å². The van der Waals surface area contributed by atoms with Crippen LogP contribution in [-0.2, 0) is 20.6 Å². The van der Waals surface area contributed by atoms with Crippen molar-refractivity contribution in [1.29, 1.82) is 0 Å². The number of ether oxygens (including phenoxy) is 1. The van der Waals surface area contributed by atoms with E-state index in [0.29, 0.717) is 5.75 Å². The van der Waals surface area contributed by atoms with Crippen molar-refractivity contribution in [2.24, 2.45) is 14.1 Å². The van der Waals surface area contributed by atoms with Crippen molar-refractivity contribution in [1.82, 2.24) is 18.7 Å². The van der Waals surface area contributed by atoms with Gasteiger partial charge in [-0.15, -0.1) is 0 Å². The Bertz CT molecular complexity index is 1160. The molecule has 0 radical (unpaired) electrons. The maximum atomic E-state index is 12.8. The molecule has 0 saturated heterocycles. The summed E-state index contributed by atoms with van der Waals surface area (Å²) in [6, 6.07) is 7.47. The Hall–Kier alpha value is -3.11. The van der Waals surface area contributed by atoms with Gasteiger partial charge in [0.25, 0.3) is 5.56 Å². The molecule has 162 valence electrons. The molecule has 10 heteroatoms. The highest BCUT2D eigenvalue weighted by atomic mass is 16.5. The first-order valence-electron chi connectivity index (χ1n) is 9.64. The van der Waals surface area contributed by atoms with E-state index in [4.69, 9.17) is 4.74 Å². The van der Waals surface area contributed by atoms with Gasteiger partial charge in [-0.1, -0.05) is 12.1 Å². The molecule has 0 unspecified atom stereocenters. The van der Waals surface area contributed by atoms with E-state index in [0.717, 1.165) is 10.1 Å². The van der Waals surface area contributed by atoms with Gasteiger partial charge in [-0.3, -0.25) is 13.9 Å². The summed E-state index contributed by atoms with van der Waals surface area (Å²) in [5.74, 6) is 0.911. The van der Waals surface area contributed by atoms with Gasteiger partial charge < -0.3 is 24.8 Å². The third-order valence-corrected chi connectivity index (χ3v) is 4.73. The molecule has 0 bridgehead atoms. The van der Waals surface area contributed by atoms with E-state index in [1.54, 1.807) is 13.0 Å². The second-order valence-corrected chi connectivity index (χ2v) is 7.44. The smallest absolute Gasteiger partial charge is 0.332 e. The zero-order valence-corrected chi connectivity index (χ0v) is 17.5. The number of fused-ring (bicyclic) bond motifs is 1. The van der Waals surface area contributed by atoms with Crippen LogP contribution >= 0.6 is 0 Å². The number of aromatic nitrogens is 4. The van der Waals surface area contributed by atoms with Gasteiger partial charge in [0.1, 0.15) is 18.5 Å². The molecule has 0 aliphatic heterocycles. The normalized spacial score (nSPS) is 13.4. The van der Waals surface area contributed by atoms with E-state index < -0.39 is 23.5 Å². The maximum Gasteiger partial charge on any atom is 0.332 e. The van der Waals surface area contributed by atoms with Crippen LogP contribution in [0.15, 0.2) is 33.9 Å². The average Bonchev–Trinajstić information content (AvgIpc) is 3.06. The molecule has 0 aliphatic rings. The molecule has 0 amide bonds. The van der Waals surface area contributed by atoms with E-state index >= 15 is 0 Å². The number of hydrogen-bond acceptors (Lipinski definition) is 7. The molecule has 1 aromatic carbocycles. The Balaban J connectivity index is 1.94. The van der Waals surface area contributed by atoms with E-state index in [9.17, 15) is 19.8 Å². The van der Waals surface area contributed by atoms with Gasteiger partial charge in [0.2, 0.25) is 5.95 Å². The number of imidazole rings is 1. The summed E-state index contributed by atoms with van der Waals surface area (Å²) in [4.78, 5) is 29.4. The zero-order valence-electron chi connectivity index (χ0n) is 17.5. The van der Waals surface area contributed by atoms with Crippen molar-refractivity contribution in [2.45, 2.75) is 32.6 Å². The van der Waals surface area contributed by atoms with Crippen LogP contribution in [0.1, 0.15) is 12.5 Å². The molecule has 3 rings (SSSR count). The number of aliphatic hydroxyl groups is 2. The quantitative estimate of drug-likeness (QED) is 0.470. The number of benzene rings is 1. The topological polar surface area (TPSA) is 124 Å². The molecule has 2 heterocycles. The van der Waals surface area contributed by atoms with Crippen molar-refractivity contribution >= 4 is 17.1 Å². The van der Waals surface area contributed by atoms with Crippen LogP contribution in [0, 0.1) is 6.92 Å². The SMILES string of the molecule is Cc1cccc(OC[C@@H](O)Cn2c(NC[C@H](C)O)nc3c2c(=O)n(C)c(=O)n3C)c1. The second kappa shape index (κ2) is 8.72. The lowest BCUT2D eigenvalue weighted by atomic mass is 10.2. The summed E-state index contributed by atoms with van der Waals surface area (Å²) >= 11 is 0. The molecule has 2 aromatic heterocycles. The number of hydrogen-bond donors (Lipinski definition) is 3. The Labute approximate surface area is 173 Å². The Kier molecular flexibility index (Phi) is 6.28. The van der Waals surface area contributed by atoms with E-state index in [2.05, 4.69) is 10.3 Å². The summed E-state index contributed by atoms with van der Waals surface area (Å²) in [6.07, 6.45) is -1.60. The summed E-state index contributed by atoms with van der Waals surface area (Å²) in [7, 11) is 2.92. The minimum atomic E-state index is -0.947. The van der Waals surface area contributed by atoms with E-state index in [-0.39, 0.29) is 36.8 Å². The average molecular weight is 417 g/mol. The summed E-state index contributed by atoms with van der Waals surface area (Å²) in [5, 5.41) is 23.1. The number of rotatable bonds is 8. The van der Waals surface area contributed by atoms with Crippen molar-refractivity contribution in [3.63, 3.8) is 0 Å². The summed E-state index contributed by atoms with van der Waals surface area (Å²) in [6.45, 7) is 3.76. The zero-order chi connectivity index (χ0) is 22.0. The minimum absolute atomic E-state index is 0.00501. The summed E-state index contributed by atoms with van der Waals surface area (Å²) < 4.78 is 9.45. The monoisotopic (exact) mass is 417 g/mol. The fourth-order valence-electron chi connectivity index (χ4n) is 3.16. The molecule has 0 spiro atoms. The molecule has 30 heavy (non-hydrogen) atoms. The van der Waals surface area contributed by atoms with Crippen LogP contribution in [0.4, 0.5) is 5.95 Å². The second-order valence-electron chi connectivity index (χ2n) is 7.44. The molecule has 2 atom stereocenters. The van der Waals surface area contributed by atoms with Crippen LogP contribution in [0.2, 0.25) is 0 Å². The number of nitrogens with zero attached hydrogens (tertiary/aromatic N) is 4. The highest BCUT2D eigenvalue weighted by Gasteiger charge is 2.21. The molecule has 0 aliphatic carbocycles. The predicted octanol–water partition coefficient (Wildman–Crippen LogP) is -0.0253. The standard InChI is InChI=1S/C20H27N5O5/c1-12-6-5-7-15(8-12)30-11-14(27)10-25-16-17(22-19(25)21-9-13(2)26)23(3)20(29)24(4)18(16)28/h5-8,13-14,26-27H,9-11H2,1-4H3,(H,21,22)/t13-,14-/m0/s1. The molecule has 3 N–H and O–H groups in total. The molecule has 0 fully saturated rings. The first kappa shape index (κ1) is 21.6. The fourth-order valence-corrected chi connectivity index (χ4v) is 3.16. The Morgan fingerprint density at radius 1 is 1.20 bits per heavy atom. The van der Waals surface area contributed by atoms with Gasteiger partial charge in [-0.2, -0.15) is 4.98 Å². The van der Waals surface area contributed by atoms with Gasteiger partial charge >= 0.3 is 5.69 Å². The van der Waals surface area contributed by atoms with Crippen molar-refractivity contribution < 1.29 is 14.9 Å². The first-order chi connectivity index (χ1) is 14.2. The van der Waals surface area contributed by atoms with Crippen LogP contribution in [0.3, 0.4) is 0 Å². The number of anilines is 1. The first-order valence-corrected chi connectivity index (χ1v) is 9.64. The fraction of sp³-hybridized carbons (Fsp3) is 0.450. The Morgan fingerprint density at radius 2 is 1.93 bits per heavy atom.